The van der Waals surface area contributed by atoms with E-state index in [1.807, 2.05) is 0 Å². The Hall–Kier alpha value is -0.850. The second kappa shape index (κ2) is 3.08. The molecule has 0 atom stereocenters. The molecular formula is C7H10F3N3S. The second-order valence-corrected chi connectivity index (χ2v) is 4.24. The Labute approximate surface area is 83.9 Å². The number of alkyl halides is 3. The van der Waals surface area contributed by atoms with Gasteiger partial charge in [0.05, 0.1) is 0 Å². The Balaban J connectivity index is 3.43. The van der Waals surface area contributed by atoms with Gasteiger partial charge in [-0.2, -0.15) is 13.2 Å². The van der Waals surface area contributed by atoms with Crippen LogP contribution in [0.5, 0.6) is 0 Å². The fourth-order valence-electron chi connectivity index (χ4n) is 1.11. The highest BCUT2D eigenvalue weighted by molar-refractivity contribution is 7.71. The molecule has 0 fully saturated rings. The zero-order valence-electron chi connectivity index (χ0n) is 7.94. The van der Waals surface area contributed by atoms with Gasteiger partial charge < -0.3 is 0 Å². The van der Waals surface area contributed by atoms with Crippen molar-refractivity contribution in [2.24, 2.45) is 0 Å². The van der Waals surface area contributed by atoms with E-state index in [9.17, 15) is 13.2 Å². The van der Waals surface area contributed by atoms with E-state index in [1.165, 1.54) is 0 Å². The maximum absolute atomic E-state index is 12.4. The van der Waals surface area contributed by atoms with Gasteiger partial charge in [-0.25, -0.2) is 0 Å². The molecule has 1 N–H and O–H groups in total. The van der Waals surface area contributed by atoms with Crippen LogP contribution in [0.25, 0.3) is 0 Å². The predicted molar refractivity (Wildman–Crippen MR) is 47.4 cm³/mol. The van der Waals surface area contributed by atoms with E-state index in [4.69, 9.17) is 12.2 Å². The molecule has 0 aliphatic heterocycles. The summed E-state index contributed by atoms with van der Waals surface area (Å²) in [6.07, 6.45) is -4.49. The van der Waals surface area contributed by atoms with Crippen LogP contribution < -0.4 is 0 Å². The lowest BCUT2D eigenvalue weighted by atomic mass is 10.1. The van der Waals surface area contributed by atoms with Gasteiger partial charge >= 0.3 is 6.18 Å². The molecule has 1 heterocycles. The number of rotatable bonds is 0. The highest BCUT2D eigenvalue weighted by atomic mass is 32.1. The van der Waals surface area contributed by atoms with E-state index in [0.717, 1.165) is 4.57 Å². The van der Waals surface area contributed by atoms with Gasteiger partial charge in [0.1, 0.15) is 0 Å². The molecule has 1 aromatic rings. The monoisotopic (exact) mass is 225 g/mol. The first-order valence-electron chi connectivity index (χ1n) is 3.89. The first kappa shape index (κ1) is 11.2. The molecule has 0 bridgehead atoms. The van der Waals surface area contributed by atoms with E-state index in [2.05, 4.69) is 10.2 Å². The van der Waals surface area contributed by atoms with Crippen molar-refractivity contribution in [1.29, 1.82) is 0 Å². The lowest BCUT2D eigenvalue weighted by molar-refractivity contribution is -0.149. The van der Waals surface area contributed by atoms with Gasteiger partial charge in [0.15, 0.2) is 4.77 Å². The largest absolute Gasteiger partial charge is 0.451 e. The van der Waals surface area contributed by atoms with E-state index in [-0.39, 0.29) is 4.77 Å². The van der Waals surface area contributed by atoms with Crippen molar-refractivity contribution in [1.82, 2.24) is 14.8 Å². The summed E-state index contributed by atoms with van der Waals surface area (Å²) in [4.78, 5) is 0. The average molecular weight is 225 g/mol. The van der Waals surface area contributed by atoms with Crippen LogP contribution in [-0.2, 0) is 11.7 Å². The average Bonchev–Trinajstić information content (AvgIpc) is 2.27. The third kappa shape index (κ3) is 1.97. The van der Waals surface area contributed by atoms with Crippen molar-refractivity contribution in [2.45, 2.75) is 32.5 Å². The number of nitrogens with one attached hydrogen (secondary N) is 1. The fourth-order valence-corrected chi connectivity index (χ4v) is 1.52. The first-order chi connectivity index (χ1) is 6.14. The third-order valence-corrected chi connectivity index (χ3v) is 1.87. The smallest absolute Gasteiger partial charge is 0.291 e. The lowest BCUT2D eigenvalue weighted by Crippen LogP contribution is -2.28. The summed E-state index contributed by atoms with van der Waals surface area (Å²) in [6.45, 7) is 4.90. The van der Waals surface area contributed by atoms with Gasteiger partial charge in [-0.05, 0) is 33.0 Å². The van der Waals surface area contributed by atoms with Crippen molar-refractivity contribution >= 4 is 12.2 Å². The molecule has 0 saturated heterocycles. The van der Waals surface area contributed by atoms with Gasteiger partial charge in [-0.15, -0.1) is 5.10 Å². The van der Waals surface area contributed by atoms with Gasteiger partial charge in [0, 0.05) is 5.54 Å². The minimum absolute atomic E-state index is 0.0233. The molecule has 1 rings (SSSR count). The summed E-state index contributed by atoms with van der Waals surface area (Å²) in [5.41, 5.74) is -0.741. The van der Waals surface area contributed by atoms with Crippen LogP contribution in [0.15, 0.2) is 0 Å². The summed E-state index contributed by atoms with van der Waals surface area (Å²) in [7, 11) is 0. The Bertz CT molecular complexity index is 382. The minimum atomic E-state index is -4.49. The molecule has 1 aromatic heterocycles. The first-order valence-corrected chi connectivity index (χ1v) is 4.30. The Morgan fingerprint density at radius 1 is 1.29 bits per heavy atom. The number of nitrogens with zero attached hydrogens (tertiary/aromatic N) is 2. The number of halogens is 3. The number of aromatic amines is 1. The third-order valence-electron chi connectivity index (χ3n) is 1.60. The molecule has 0 aliphatic carbocycles. The summed E-state index contributed by atoms with van der Waals surface area (Å²) in [5.74, 6) is -0.991. The topological polar surface area (TPSA) is 33.6 Å². The number of aromatic nitrogens is 3. The fraction of sp³-hybridized carbons (Fsp3) is 0.714. The van der Waals surface area contributed by atoms with Crippen LogP contribution >= 0.6 is 12.2 Å². The van der Waals surface area contributed by atoms with Gasteiger partial charge in [0.25, 0.3) is 0 Å². The summed E-state index contributed by atoms with van der Waals surface area (Å²) in [5, 5.41) is 5.32. The summed E-state index contributed by atoms with van der Waals surface area (Å²) >= 11 is 4.73. The molecule has 80 valence electrons. The van der Waals surface area contributed by atoms with Gasteiger partial charge in [0.2, 0.25) is 5.82 Å². The lowest BCUT2D eigenvalue weighted by Gasteiger charge is -2.22. The number of H-pyrrole nitrogens is 1. The minimum Gasteiger partial charge on any atom is -0.291 e. The van der Waals surface area contributed by atoms with Crippen LogP contribution in [0.4, 0.5) is 13.2 Å². The van der Waals surface area contributed by atoms with Crippen LogP contribution in [0.1, 0.15) is 26.6 Å². The Kier molecular flexibility index (Phi) is 2.47. The Morgan fingerprint density at radius 2 is 1.79 bits per heavy atom. The molecule has 7 heteroatoms. The molecule has 0 aromatic carbocycles. The number of hydrogen-bond donors (Lipinski definition) is 1. The predicted octanol–water partition coefficient (Wildman–Crippen LogP) is 2.71. The number of hydrogen-bond acceptors (Lipinski definition) is 2. The molecule has 0 aliphatic rings. The SMILES string of the molecule is CC(C)(C)n1c(C(F)(F)F)n[nH]c1=S. The van der Waals surface area contributed by atoms with Crippen LogP contribution in [-0.4, -0.2) is 14.8 Å². The zero-order chi connectivity index (χ0) is 11.1. The normalized spacial score (nSPS) is 13.3. The van der Waals surface area contributed by atoms with Gasteiger partial charge in [-0.1, -0.05) is 0 Å². The summed E-state index contributed by atoms with van der Waals surface area (Å²) in [6, 6.07) is 0. The van der Waals surface area contributed by atoms with E-state index in [1.54, 1.807) is 20.8 Å². The van der Waals surface area contributed by atoms with E-state index >= 15 is 0 Å². The molecule has 0 spiro atoms. The van der Waals surface area contributed by atoms with Crippen molar-refractivity contribution in [2.75, 3.05) is 0 Å². The Morgan fingerprint density at radius 3 is 2.07 bits per heavy atom. The van der Waals surface area contributed by atoms with E-state index < -0.39 is 17.5 Å². The molecule has 3 nitrogen and oxygen atoms in total. The van der Waals surface area contributed by atoms with Crippen molar-refractivity contribution in [3.63, 3.8) is 0 Å². The quantitative estimate of drug-likeness (QED) is 0.689. The zero-order valence-corrected chi connectivity index (χ0v) is 8.75. The van der Waals surface area contributed by atoms with Crippen molar-refractivity contribution in [3.05, 3.63) is 10.6 Å². The highest BCUT2D eigenvalue weighted by Gasteiger charge is 2.39. The molecule has 0 unspecified atom stereocenters. The van der Waals surface area contributed by atoms with Crippen molar-refractivity contribution in [3.8, 4) is 0 Å². The molecule has 14 heavy (non-hydrogen) atoms. The van der Waals surface area contributed by atoms with Crippen LogP contribution in [0.2, 0.25) is 0 Å². The standard InChI is InChI=1S/C7H10F3N3S/c1-6(2,3)13-4(7(8,9)10)11-12-5(13)14/h1-3H3,(H,12,14). The molecular weight excluding hydrogens is 215 g/mol. The second-order valence-electron chi connectivity index (χ2n) is 3.86. The van der Waals surface area contributed by atoms with E-state index in [0.29, 0.717) is 0 Å². The highest BCUT2D eigenvalue weighted by Crippen LogP contribution is 2.30. The van der Waals surface area contributed by atoms with Crippen LogP contribution in [0.3, 0.4) is 0 Å². The summed E-state index contributed by atoms with van der Waals surface area (Å²) < 4.78 is 38.3. The van der Waals surface area contributed by atoms with Gasteiger partial charge in [-0.3, -0.25) is 9.67 Å². The molecule has 0 radical (unpaired) electrons. The van der Waals surface area contributed by atoms with Crippen molar-refractivity contribution < 1.29 is 13.2 Å². The molecule has 0 saturated carbocycles. The van der Waals surface area contributed by atoms with Crippen LogP contribution in [0, 0.1) is 4.77 Å². The maximum Gasteiger partial charge on any atom is 0.451 e. The molecule has 0 amide bonds. The maximum atomic E-state index is 12.4.